The highest BCUT2D eigenvalue weighted by Crippen LogP contribution is 2.47. The van der Waals surface area contributed by atoms with E-state index in [0.717, 1.165) is 12.8 Å². The Balaban J connectivity index is 2.01. The SMILES string of the molecule is COC(=O)[C@]12CCC(C)[C@H](CC1)N2C(=O)c1ccccc1. The van der Waals surface area contributed by atoms with Crippen molar-refractivity contribution in [3.05, 3.63) is 35.9 Å². The van der Waals surface area contributed by atoms with Gasteiger partial charge in [0, 0.05) is 11.6 Å². The van der Waals surface area contributed by atoms with Crippen molar-refractivity contribution in [3.8, 4) is 0 Å². The van der Waals surface area contributed by atoms with Crippen LogP contribution in [0.2, 0.25) is 0 Å². The fourth-order valence-electron chi connectivity index (χ4n) is 3.95. The summed E-state index contributed by atoms with van der Waals surface area (Å²) in [6, 6.07) is 9.37. The predicted octanol–water partition coefficient (Wildman–Crippen LogP) is 2.63. The van der Waals surface area contributed by atoms with Crippen molar-refractivity contribution in [3.63, 3.8) is 0 Å². The average Bonchev–Trinajstić information content (AvgIpc) is 2.84. The number of carbonyl (C=O) groups is 2. The lowest BCUT2D eigenvalue weighted by molar-refractivity contribution is -0.155. The first-order valence-electron chi connectivity index (χ1n) is 7.57. The quantitative estimate of drug-likeness (QED) is 0.786. The number of methoxy groups -OCH3 is 1. The van der Waals surface area contributed by atoms with Gasteiger partial charge in [0.15, 0.2) is 0 Å². The lowest BCUT2D eigenvalue weighted by Gasteiger charge is -2.45. The molecular formula is C17H21NO3. The maximum absolute atomic E-state index is 12.9. The average molecular weight is 287 g/mol. The number of hydrogen-bond donors (Lipinski definition) is 0. The van der Waals surface area contributed by atoms with Gasteiger partial charge in [0.25, 0.3) is 5.91 Å². The molecule has 1 unspecified atom stereocenters. The lowest BCUT2D eigenvalue weighted by Crippen LogP contribution is -2.60. The Kier molecular flexibility index (Phi) is 3.47. The summed E-state index contributed by atoms with van der Waals surface area (Å²) in [6.45, 7) is 2.17. The number of fused-ring (bicyclic) bond motifs is 2. The van der Waals surface area contributed by atoms with Crippen LogP contribution in [0, 0.1) is 5.92 Å². The summed E-state index contributed by atoms with van der Waals surface area (Å²) in [6.07, 6.45) is 3.27. The van der Waals surface area contributed by atoms with Crippen LogP contribution in [-0.2, 0) is 9.53 Å². The Labute approximate surface area is 125 Å². The van der Waals surface area contributed by atoms with E-state index in [9.17, 15) is 9.59 Å². The minimum Gasteiger partial charge on any atom is -0.467 e. The molecule has 3 atom stereocenters. The number of esters is 1. The van der Waals surface area contributed by atoms with Gasteiger partial charge in [-0.05, 0) is 43.7 Å². The Morgan fingerprint density at radius 3 is 2.52 bits per heavy atom. The summed E-state index contributed by atoms with van der Waals surface area (Å²) >= 11 is 0. The summed E-state index contributed by atoms with van der Waals surface area (Å²) in [7, 11) is 1.41. The second-order valence-corrected chi connectivity index (χ2v) is 6.19. The first-order valence-corrected chi connectivity index (χ1v) is 7.57. The zero-order valence-corrected chi connectivity index (χ0v) is 12.5. The summed E-state index contributed by atoms with van der Waals surface area (Å²) in [4.78, 5) is 27.2. The molecule has 0 radical (unpaired) electrons. The van der Waals surface area contributed by atoms with Gasteiger partial charge in [-0.2, -0.15) is 0 Å². The summed E-state index contributed by atoms with van der Waals surface area (Å²) in [5.41, 5.74) is -0.106. The van der Waals surface area contributed by atoms with Crippen molar-refractivity contribution in [2.24, 2.45) is 5.92 Å². The van der Waals surface area contributed by atoms with Gasteiger partial charge in [0.2, 0.25) is 0 Å². The molecule has 0 aliphatic carbocycles. The molecule has 112 valence electrons. The molecule has 2 saturated heterocycles. The molecule has 0 saturated carbocycles. The smallest absolute Gasteiger partial charge is 0.331 e. The molecule has 1 amide bonds. The molecule has 2 aliphatic rings. The Morgan fingerprint density at radius 1 is 1.19 bits per heavy atom. The molecule has 1 aromatic rings. The topological polar surface area (TPSA) is 46.6 Å². The number of carbonyl (C=O) groups excluding carboxylic acids is 2. The molecule has 3 rings (SSSR count). The molecule has 0 N–H and O–H groups in total. The van der Waals surface area contributed by atoms with Crippen LogP contribution in [0.3, 0.4) is 0 Å². The minimum atomic E-state index is -0.751. The highest BCUT2D eigenvalue weighted by atomic mass is 16.5. The van der Waals surface area contributed by atoms with E-state index in [1.807, 2.05) is 35.2 Å². The van der Waals surface area contributed by atoms with Crippen molar-refractivity contribution < 1.29 is 14.3 Å². The number of ether oxygens (including phenoxy) is 1. The van der Waals surface area contributed by atoms with E-state index in [2.05, 4.69) is 6.92 Å². The van der Waals surface area contributed by atoms with Gasteiger partial charge in [-0.25, -0.2) is 4.79 Å². The molecule has 21 heavy (non-hydrogen) atoms. The molecule has 0 spiro atoms. The van der Waals surface area contributed by atoms with Gasteiger partial charge >= 0.3 is 5.97 Å². The molecule has 2 fully saturated rings. The zero-order valence-electron chi connectivity index (χ0n) is 12.5. The molecule has 1 aromatic carbocycles. The van der Waals surface area contributed by atoms with Gasteiger partial charge in [0.05, 0.1) is 7.11 Å². The summed E-state index contributed by atoms with van der Waals surface area (Å²) in [5, 5.41) is 0. The van der Waals surface area contributed by atoms with Crippen LogP contribution in [0.1, 0.15) is 43.0 Å². The standard InChI is InChI=1S/C17H21NO3/c1-12-8-10-17(16(20)21-2)11-9-14(12)18(17)15(19)13-6-4-3-5-7-13/h3-7,12,14H,8-11H2,1-2H3/t12?,14-,17-/m0/s1. The van der Waals surface area contributed by atoms with Crippen LogP contribution in [0.25, 0.3) is 0 Å². The molecular weight excluding hydrogens is 266 g/mol. The van der Waals surface area contributed by atoms with Crippen LogP contribution in [0.5, 0.6) is 0 Å². The van der Waals surface area contributed by atoms with E-state index in [1.54, 1.807) is 0 Å². The normalized spacial score (nSPS) is 31.0. The van der Waals surface area contributed by atoms with Gasteiger partial charge in [-0.1, -0.05) is 25.1 Å². The second-order valence-electron chi connectivity index (χ2n) is 6.19. The third-order valence-corrected chi connectivity index (χ3v) is 5.12. The number of benzene rings is 1. The third-order valence-electron chi connectivity index (χ3n) is 5.12. The highest BCUT2D eigenvalue weighted by Gasteiger charge is 2.58. The van der Waals surface area contributed by atoms with E-state index in [1.165, 1.54) is 7.11 Å². The van der Waals surface area contributed by atoms with Crippen LogP contribution < -0.4 is 0 Å². The van der Waals surface area contributed by atoms with E-state index >= 15 is 0 Å². The molecule has 0 aromatic heterocycles. The second kappa shape index (κ2) is 5.17. The molecule has 4 nitrogen and oxygen atoms in total. The molecule has 2 aliphatic heterocycles. The van der Waals surface area contributed by atoms with Gasteiger partial charge < -0.3 is 9.64 Å². The van der Waals surface area contributed by atoms with E-state index < -0.39 is 5.54 Å². The lowest BCUT2D eigenvalue weighted by atomic mass is 9.83. The molecule has 2 heterocycles. The van der Waals surface area contributed by atoms with Crippen molar-refractivity contribution in [1.29, 1.82) is 0 Å². The fraction of sp³-hybridized carbons (Fsp3) is 0.529. The molecule has 4 heteroatoms. The van der Waals surface area contributed by atoms with Gasteiger partial charge in [-0.15, -0.1) is 0 Å². The van der Waals surface area contributed by atoms with Gasteiger partial charge in [-0.3, -0.25) is 4.79 Å². The number of nitrogens with zero attached hydrogens (tertiary/aromatic N) is 1. The third kappa shape index (κ3) is 2.04. The highest BCUT2D eigenvalue weighted by molar-refractivity contribution is 5.99. The maximum Gasteiger partial charge on any atom is 0.331 e. The summed E-state index contributed by atoms with van der Waals surface area (Å²) in [5.74, 6) is 0.120. The largest absolute Gasteiger partial charge is 0.467 e. The monoisotopic (exact) mass is 287 g/mol. The van der Waals surface area contributed by atoms with E-state index in [0.29, 0.717) is 24.3 Å². The summed E-state index contributed by atoms with van der Waals surface area (Å²) < 4.78 is 5.03. The predicted molar refractivity (Wildman–Crippen MR) is 78.8 cm³/mol. The number of amides is 1. The zero-order chi connectivity index (χ0) is 15.0. The number of piperidine rings is 1. The maximum atomic E-state index is 12.9. The van der Waals surface area contributed by atoms with Crippen molar-refractivity contribution in [2.75, 3.05) is 7.11 Å². The Hall–Kier alpha value is -1.84. The minimum absolute atomic E-state index is 0.0462. The van der Waals surface area contributed by atoms with Crippen LogP contribution in [0.15, 0.2) is 30.3 Å². The number of rotatable bonds is 2. The van der Waals surface area contributed by atoms with Crippen molar-refractivity contribution in [2.45, 2.75) is 44.2 Å². The fourth-order valence-corrected chi connectivity index (χ4v) is 3.95. The van der Waals surface area contributed by atoms with Gasteiger partial charge in [0.1, 0.15) is 5.54 Å². The van der Waals surface area contributed by atoms with Crippen LogP contribution in [-0.4, -0.2) is 35.5 Å². The first kappa shape index (κ1) is 14.1. The Morgan fingerprint density at radius 2 is 1.86 bits per heavy atom. The van der Waals surface area contributed by atoms with Crippen LogP contribution >= 0.6 is 0 Å². The van der Waals surface area contributed by atoms with Crippen molar-refractivity contribution >= 4 is 11.9 Å². The van der Waals surface area contributed by atoms with E-state index in [-0.39, 0.29) is 17.9 Å². The van der Waals surface area contributed by atoms with Crippen LogP contribution in [0.4, 0.5) is 0 Å². The first-order chi connectivity index (χ1) is 10.1. The molecule has 2 bridgehead atoms. The number of hydrogen-bond acceptors (Lipinski definition) is 3. The van der Waals surface area contributed by atoms with Crippen molar-refractivity contribution in [1.82, 2.24) is 4.90 Å². The Bertz CT molecular complexity index is 556. The van der Waals surface area contributed by atoms with E-state index in [4.69, 9.17) is 4.74 Å².